The third kappa shape index (κ3) is 2.93. The van der Waals surface area contributed by atoms with Gasteiger partial charge in [-0.2, -0.15) is 0 Å². The number of phenolic OH excluding ortho intramolecular Hbond substituents is 1. The molecule has 0 unspecified atom stereocenters. The lowest BCUT2D eigenvalue weighted by atomic mass is 10.1. The van der Waals surface area contributed by atoms with Gasteiger partial charge in [-0.15, -0.1) is 0 Å². The molecule has 0 saturated carbocycles. The summed E-state index contributed by atoms with van der Waals surface area (Å²) in [6.07, 6.45) is 0. The van der Waals surface area contributed by atoms with Gasteiger partial charge in [0.25, 0.3) is 5.91 Å². The van der Waals surface area contributed by atoms with Crippen molar-refractivity contribution in [3.05, 3.63) is 40.2 Å². The molecule has 0 saturated heterocycles. The van der Waals surface area contributed by atoms with Crippen LogP contribution in [0.3, 0.4) is 0 Å². The fourth-order valence-corrected chi connectivity index (χ4v) is 1.65. The minimum atomic E-state index is -0.709. The molecule has 0 atom stereocenters. The van der Waals surface area contributed by atoms with E-state index in [4.69, 9.17) is 4.42 Å². The Kier molecular flexibility index (Phi) is 3.55. The van der Waals surface area contributed by atoms with Gasteiger partial charge in [0.15, 0.2) is 0 Å². The first-order valence-electron chi connectivity index (χ1n) is 6.02. The Morgan fingerprint density at radius 1 is 1.37 bits per heavy atom. The zero-order valence-corrected chi connectivity index (χ0v) is 10.8. The minimum Gasteiger partial charge on any atom is -0.508 e. The summed E-state index contributed by atoms with van der Waals surface area (Å²) in [5.41, 5.74) is -0.483. The maximum atomic E-state index is 11.9. The Labute approximate surface area is 109 Å². The molecule has 0 aliphatic heterocycles. The van der Waals surface area contributed by atoms with Gasteiger partial charge in [-0.25, -0.2) is 4.79 Å². The molecule has 2 N–H and O–H groups in total. The highest BCUT2D eigenvalue weighted by molar-refractivity contribution is 5.96. The molecule has 5 heteroatoms. The van der Waals surface area contributed by atoms with Crippen molar-refractivity contribution in [2.24, 2.45) is 5.92 Å². The van der Waals surface area contributed by atoms with Crippen molar-refractivity contribution in [1.29, 1.82) is 0 Å². The summed E-state index contributed by atoms with van der Waals surface area (Å²) in [6.45, 7) is 4.42. The second-order valence-electron chi connectivity index (χ2n) is 4.77. The van der Waals surface area contributed by atoms with Gasteiger partial charge in [-0.3, -0.25) is 4.79 Å². The lowest BCUT2D eigenvalue weighted by molar-refractivity contribution is 0.0945. The van der Waals surface area contributed by atoms with Crippen molar-refractivity contribution in [2.45, 2.75) is 13.8 Å². The third-order valence-electron chi connectivity index (χ3n) is 2.64. The number of carbonyl (C=O) groups excluding carboxylic acids is 1. The van der Waals surface area contributed by atoms with E-state index in [9.17, 15) is 14.7 Å². The Morgan fingerprint density at radius 2 is 2.11 bits per heavy atom. The first-order valence-corrected chi connectivity index (χ1v) is 6.02. The fraction of sp³-hybridized carbons (Fsp3) is 0.286. The summed E-state index contributed by atoms with van der Waals surface area (Å²) >= 11 is 0. The number of nitrogens with one attached hydrogen (secondary N) is 1. The molecule has 0 spiro atoms. The zero-order valence-electron chi connectivity index (χ0n) is 10.8. The van der Waals surface area contributed by atoms with E-state index in [1.54, 1.807) is 6.07 Å². The SMILES string of the molecule is CC(C)CNC(=O)c1cc2ccc(O)cc2oc1=O. The molecule has 0 aliphatic carbocycles. The quantitative estimate of drug-likeness (QED) is 0.827. The second-order valence-corrected chi connectivity index (χ2v) is 4.77. The highest BCUT2D eigenvalue weighted by Crippen LogP contribution is 2.19. The van der Waals surface area contributed by atoms with Gasteiger partial charge >= 0.3 is 5.63 Å². The zero-order chi connectivity index (χ0) is 14.0. The molecule has 2 aromatic rings. The van der Waals surface area contributed by atoms with Crippen LogP contribution in [0.25, 0.3) is 11.0 Å². The number of hydrogen-bond acceptors (Lipinski definition) is 4. The number of aromatic hydroxyl groups is 1. The molecule has 5 nitrogen and oxygen atoms in total. The van der Waals surface area contributed by atoms with E-state index in [2.05, 4.69) is 5.32 Å². The van der Waals surface area contributed by atoms with Crippen LogP contribution in [-0.4, -0.2) is 17.6 Å². The molecule has 100 valence electrons. The maximum absolute atomic E-state index is 11.9. The standard InChI is InChI=1S/C14H15NO4/c1-8(2)7-15-13(17)11-5-9-3-4-10(16)6-12(9)19-14(11)18/h3-6,8,16H,7H2,1-2H3,(H,15,17). The Bertz CT molecular complexity index is 673. The van der Waals surface area contributed by atoms with Crippen molar-refractivity contribution >= 4 is 16.9 Å². The molecule has 0 radical (unpaired) electrons. The van der Waals surface area contributed by atoms with E-state index in [1.807, 2.05) is 13.8 Å². The van der Waals surface area contributed by atoms with Gasteiger partial charge < -0.3 is 14.8 Å². The molecule has 1 aromatic heterocycles. The summed E-state index contributed by atoms with van der Waals surface area (Å²) in [6, 6.07) is 5.87. The molecular weight excluding hydrogens is 246 g/mol. The van der Waals surface area contributed by atoms with Crippen molar-refractivity contribution in [2.75, 3.05) is 6.54 Å². The van der Waals surface area contributed by atoms with Crippen molar-refractivity contribution in [3.63, 3.8) is 0 Å². The molecule has 0 fully saturated rings. The van der Waals surface area contributed by atoms with Crippen molar-refractivity contribution in [3.8, 4) is 5.75 Å². The molecule has 19 heavy (non-hydrogen) atoms. The molecule has 0 bridgehead atoms. The maximum Gasteiger partial charge on any atom is 0.349 e. The minimum absolute atomic E-state index is 0.00709. The van der Waals surface area contributed by atoms with E-state index >= 15 is 0 Å². The monoisotopic (exact) mass is 261 g/mol. The highest BCUT2D eigenvalue weighted by atomic mass is 16.4. The van der Waals surface area contributed by atoms with Gasteiger partial charge in [0.2, 0.25) is 0 Å². The van der Waals surface area contributed by atoms with Gasteiger partial charge in [-0.05, 0) is 24.1 Å². The lowest BCUT2D eigenvalue weighted by Crippen LogP contribution is -2.31. The van der Waals surface area contributed by atoms with Crippen LogP contribution in [0, 0.1) is 5.92 Å². The number of rotatable bonds is 3. The predicted octanol–water partition coefficient (Wildman–Crippen LogP) is 1.88. The Hall–Kier alpha value is -2.30. The summed E-state index contributed by atoms with van der Waals surface area (Å²) < 4.78 is 5.03. The van der Waals surface area contributed by atoms with E-state index in [-0.39, 0.29) is 16.9 Å². The first-order chi connectivity index (χ1) is 8.97. The largest absolute Gasteiger partial charge is 0.508 e. The van der Waals surface area contributed by atoms with Crippen molar-refractivity contribution in [1.82, 2.24) is 5.32 Å². The van der Waals surface area contributed by atoms with Crippen LogP contribution in [0.2, 0.25) is 0 Å². The fourth-order valence-electron chi connectivity index (χ4n) is 1.65. The smallest absolute Gasteiger partial charge is 0.349 e. The summed E-state index contributed by atoms with van der Waals surface area (Å²) in [4.78, 5) is 23.6. The van der Waals surface area contributed by atoms with E-state index in [0.29, 0.717) is 17.8 Å². The lowest BCUT2D eigenvalue weighted by Gasteiger charge is -2.07. The number of benzene rings is 1. The second kappa shape index (κ2) is 5.14. The topological polar surface area (TPSA) is 79.5 Å². The molecule has 1 amide bonds. The average molecular weight is 261 g/mol. The van der Waals surface area contributed by atoms with Crippen LogP contribution in [0.15, 0.2) is 33.5 Å². The van der Waals surface area contributed by atoms with Crippen LogP contribution < -0.4 is 10.9 Å². The predicted molar refractivity (Wildman–Crippen MR) is 71.3 cm³/mol. The third-order valence-corrected chi connectivity index (χ3v) is 2.64. The number of amides is 1. The summed E-state index contributed by atoms with van der Waals surface area (Å²) in [5, 5.41) is 12.6. The van der Waals surface area contributed by atoms with Crippen LogP contribution in [-0.2, 0) is 0 Å². The van der Waals surface area contributed by atoms with E-state index in [1.165, 1.54) is 18.2 Å². The van der Waals surface area contributed by atoms with Crippen LogP contribution in [0.1, 0.15) is 24.2 Å². The van der Waals surface area contributed by atoms with Crippen molar-refractivity contribution < 1.29 is 14.3 Å². The number of fused-ring (bicyclic) bond motifs is 1. The average Bonchev–Trinajstić information content (AvgIpc) is 2.35. The van der Waals surface area contributed by atoms with Gasteiger partial charge in [0, 0.05) is 18.0 Å². The summed E-state index contributed by atoms with van der Waals surface area (Å²) in [7, 11) is 0. The molecule has 2 rings (SSSR count). The Balaban J connectivity index is 2.39. The Morgan fingerprint density at radius 3 is 2.79 bits per heavy atom. The number of phenols is 1. The summed E-state index contributed by atoms with van der Waals surface area (Å²) in [5.74, 6) is -0.140. The first kappa shape index (κ1) is 13.1. The van der Waals surface area contributed by atoms with Gasteiger partial charge in [0.1, 0.15) is 16.9 Å². The number of carbonyl (C=O) groups is 1. The molecule has 0 aliphatic rings. The normalized spacial score (nSPS) is 10.9. The van der Waals surface area contributed by atoms with Crippen LogP contribution >= 0.6 is 0 Å². The van der Waals surface area contributed by atoms with Gasteiger partial charge in [0.05, 0.1) is 0 Å². The molecular formula is C14H15NO4. The molecule has 1 aromatic carbocycles. The van der Waals surface area contributed by atoms with E-state index < -0.39 is 11.5 Å². The highest BCUT2D eigenvalue weighted by Gasteiger charge is 2.13. The van der Waals surface area contributed by atoms with Crippen LogP contribution in [0.4, 0.5) is 0 Å². The van der Waals surface area contributed by atoms with Gasteiger partial charge in [-0.1, -0.05) is 13.8 Å². The number of hydrogen-bond donors (Lipinski definition) is 2. The van der Waals surface area contributed by atoms with E-state index in [0.717, 1.165) is 0 Å². The molecule has 1 heterocycles. The van der Waals surface area contributed by atoms with Crippen LogP contribution in [0.5, 0.6) is 5.75 Å².